The van der Waals surface area contributed by atoms with Gasteiger partial charge in [0.15, 0.2) is 0 Å². The van der Waals surface area contributed by atoms with Crippen molar-refractivity contribution in [1.29, 1.82) is 0 Å². The zero-order valence-corrected chi connectivity index (χ0v) is 13.9. The molecule has 0 radical (unpaired) electrons. The topological polar surface area (TPSA) is 41.6 Å². The number of benzene rings is 2. The molecular weight excluding hydrogens is 312 g/mol. The Bertz CT molecular complexity index is 602. The molecule has 122 valence electrons. The summed E-state index contributed by atoms with van der Waals surface area (Å²) in [6.07, 6.45) is -0.418. The maximum atomic E-state index is 11.7. The van der Waals surface area contributed by atoms with Gasteiger partial charge in [-0.05, 0) is 23.7 Å². The number of alkyl halides is 1. The Balaban J connectivity index is 1.68. The average molecular weight is 333 g/mol. The van der Waals surface area contributed by atoms with Gasteiger partial charge in [-0.3, -0.25) is 4.90 Å². The van der Waals surface area contributed by atoms with Gasteiger partial charge in [-0.1, -0.05) is 54.6 Å². The highest BCUT2D eigenvalue weighted by Crippen LogP contribution is 2.08. The monoisotopic (exact) mass is 332 g/mol. The molecule has 0 atom stereocenters. The summed E-state index contributed by atoms with van der Waals surface area (Å²) in [5.74, 6) is 0.519. The normalized spacial score (nSPS) is 10.6. The Morgan fingerprint density at radius 1 is 1.04 bits per heavy atom. The number of halogens is 1. The van der Waals surface area contributed by atoms with Gasteiger partial charge >= 0.3 is 6.09 Å². The molecule has 0 aliphatic rings. The second kappa shape index (κ2) is 9.18. The van der Waals surface area contributed by atoms with Crippen LogP contribution in [0.25, 0.3) is 0 Å². The molecule has 0 heterocycles. The van der Waals surface area contributed by atoms with Crippen molar-refractivity contribution < 1.29 is 9.53 Å². The van der Waals surface area contributed by atoms with Crippen molar-refractivity contribution in [3.8, 4) is 0 Å². The van der Waals surface area contributed by atoms with Gasteiger partial charge in [-0.25, -0.2) is 4.79 Å². The van der Waals surface area contributed by atoms with Crippen LogP contribution in [0.3, 0.4) is 0 Å². The van der Waals surface area contributed by atoms with Crippen LogP contribution in [0.2, 0.25) is 0 Å². The van der Waals surface area contributed by atoms with Gasteiger partial charge in [0, 0.05) is 12.4 Å². The molecule has 0 aliphatic carbocycles. The van der Waals surface area contributed by atoms with Crippen LogP contribution >= 0.6 is 11.6 Å². The Labute approximate surface area is 142 Å². The summed E-state index contributed by atoms with van der Waals surface area (Å²) < 4.78 is 5.17. The lowest BCUT2D eigenvalue weighted by Crippen LogP contribution is -2.35. The van der Waals surface area contributed by atoms with Crippen molar-refractivity contribution in [1.82, 2.24) is 10.2 Å². The lowest BCUT2D eigenvalue weighted by molar-refractivity contribution is 0.132. The van der Waals surface area contributed by atoms with Crippen molar-refractivity contribution in [2.75, 3.05) is 13.7 Å². The molecule has 4 nitrogen and oxygen atoms in total. The second-order valence-corrected chi connectivity index (χ2v) is 5.63. The van der Waals surface area contributed by atoms with E-state index in [1.807, 2.05) is 66.5 Å². The zero-order valence-electron chi connectivity index (χ0n) is 13.2. The van der Waals surface area contributed by atoms with Gasteiger partial charge in [0.05, 0.1) is 6.67 Å². The SMILES string of the molecule is CN(CNC(=O)OCc1ccccc1)Cc1ccc(CCl)cc1. The summed E-state index contributed by atoms with van der Waals surface area (Å²) in [6.45, 7) is 1.43. The smallest absolute Gasteiger partial charge is 0.408 e. The lowest BCUT2D eigenvalue weighted by Gasteiger charge is -2.17. The van der Waals surface area contributed by atoms with E-state index in [1.54, 1.807) is 0 Å². The van der Waals surface area contributed by atoms with Crippen molar-refractivity contribution >= 4 is 17.7 Å². The van der Waals surface area contributed by atoms with Gasteiger partial charge in [-0.15, -0.1) is 11.6 Å². The largest absolute Gasteiger partial charge is 0.445 e. The number of alkyl carbamates (subject to hydrolysis) is 1. The van der Waals surface area contributed by atoms with E-state index in [9.17, 15) is 4.79 Å². The first-order chi connectivity index (χ1) is 11.2. The van der Waals surface area contributed by atoms with Crippen LogP contribution in [0, 0.1) is 0 Å². The highest BCUT2D eigenvalue weighted by atomic mass is 35.5. The molecule has 0 spiro atoms. The maximum absolute atomic E-state index is 11.7. The van der Waals surface area contributed by atoms with Crippen LogP contribution in [0.5, 0.6) is 0 Å². The van der Waals surface area contributed by atoms with Crippen LogP contribution in [-0.2, 0) is 23.8 Å². The molecule has 0 saturated heterocycles. The minimum Gasteiger partial charge on any atom is -0.445 e. The number of amides is 1. The van der Waals surface area contributed by atoms with Gasteiger partial charge in [0.1, 0.15) is 6.61 Å². The van der Waals surface area contributed by atoms with E-state index in [1.165, 1.54) is 5.56 Å². The van der Waals surface area contributed by atoms with Crippen molar-refractivity contribution in [2.24, 2.45) is 0 Å². The number of hydrogen-bond donors (Lipinski definition) is 1. The molecule has 2 aromatic carbocycles. The summed E-state index contributed by atoms with van der Waals surface area (Å²) in [7, 11) is 1.94. The number of carbonyl (C=O) groups is 1. The fourth-order valence-corrected chi connectivity index (χ4v) is 2.25. The quantitative estimate of drug-likeness (QED) is 0.620. The van der Waals surface area contributed by atoms with E-state index in [0.717, 1.165) is 17.7 Å². The lowest BCUT2D eigenvalue weighted by atomic mass is 10.1. The van der Waals surface area contributed by atoms with E-state index in [-0.39, 0.29) is 6.61 Å². The summed E-state index contributed by atoms with van der Waals surface area (Å²) in [4.78, 5) is 13.7. The third-order valence-electron chi connectivity index (χ3n) is 3.34. The van der Waals surface area contributed by atoms with Crippen molar-refractivity contribution in [3.63, 3.8) is 0 Å². The maximum Gasteiger partial charge on any atom is 0.408 e. The Kier molecular flexibility index (Phi) is 6.91. The molecule has 2 aromatic rings. The predicted octanol–water partition coefficient (Wildman–Crippen LogP) is 3.74. The first kappa shape index (κ1) is 17.3. The fourth-order valence-electron chi connectivity index (χ4n) is 2.07. The third-order valence-corrected chi connectivity index (χ3v) is 3.64. The number of nitrogens with one attached hydrogen (secondary N) is 1. The molecule has 1 N–H and O–H groups in total. The van der Waals surface area contributed by atoms with E-state index in [2.05, 4.69) is 5.32 Å². The van der Waals surface area contributed by atoms with Crippen LogP contribution in [0.15, 0.2) is 54.6 Å². The number of rotatable bonds is 7. The average Bonchev–Trinajstić information content (AvgIpc) is 2.60. The summed E-state index contributed by atoms with van der Waals surface area (Å²) in [5, 5.41) is 2.74. The molecule has 2 rings (SSSR count). The Morgan fingerprint density at radius 3 is 2.35 bits per heavy atom. The van der Waals surface area contributed by atoms with E-state index < -0.39 is 6.09 Å². The molecule has 0 fully saturated rings. The van der Waals surface area contributed by atoms with Crippen LogP contribution in [0.4, 0.5) is 4.79 Å². The summed E-state index contributed by atoms with van der Waals surface area (Å²) in [6, 6.07) is 17.7. The number of ether oxygens (including phenoxy) is 1. The zero-order chi connectivity index (χ0) is 16.5. The molecule has 0 unspecified atom stereocenters. The molecule has 0 bridgehead atoms. The van der Waals surface area contributed by atoms with Gasteiger partial charge in [-0.2, -0.15) is 0 Å². The first-order valence-electron chi connectivity index (χ1n) is 7.44. The number of carbonyl (C=O) groups excluding carboxylic acids is 1. The van der Waals surface area contributed by atoms with Crippen molar-refractivity contribution in [2.45, 2.75) is 19.0 Å². The standard InChI is InChI=1S/C18H21ClN2O2/c1-21(12-16-9-7-15(11-19)8-10-16)14-20-18(22)23-13-17-5-3-2-4-6-17/h2-10H,11-14H2,1H3,(H,20,22). The summed E-state index contributed by atoms with van der Waals surface area (Å²) in [5.41, 5.74) is 3.23. The van der Waals surface area contributed by atoms with E-state index in [4.69, 9.17) is 16.3 Å². The Hall–Kier alpha value is -2.04. The van der Waals surface area contributed by atoms with Crippen molar-refractivity contribution in [3.05, 3.63) is 71.3 Å². The highest BCUT2D eigenvalue weighted by molar-refractivity contribution is 6.17. The second-order valence-electron chi connectivity index (χ2n) is 5.36. The Morgan fingerprint density at radius 2 is 1.70 bits per heavy atom. The minimum atomic E-state index is -0.418. The van der Waals surface area contributed by atoms with E-state index >= 15 is 0 Å². The predicted molar refractivity (Wildman–Crippen MR) is 92.1 cm³/mol. The van der Waals surface area contributed by atoms with Crippen LogP contribution in [-0.4, -0.2) is 24.7 Å². The van der Waals surface area contributed by atoms with Gasteiger partial charge < -0.3 is 10.1 Å². The fraction of sp³-hybridized carbons (Fsp3) is 0.278. The van der Waals surface area contributed by atoms with E-state index in [0.29, 0.717) is 12.5 Å². The molecule has 0 saturated carbocycles. The summed E-state index contributed by atoms with van der Waals surface area (Å²) >= 11 is 5.77. The third kappa shape index (κ3) is 6.30. The molecule has 5 heteroatoms. The molecule has 23 heavy (non-hydrogen) atoms. The molecule has 0 aliphatic heterocycles. The van der Waals surface area contributed by atoms with Gasteiger partial charge in [0.25, 0.3) is 0 Å². The van der Waals surface area contributed by atoms with Crippen LogP contribution < -0.4 is 5.32 Å². The molecule has 1 amide bonds. The highest BCUT2D eigenvalue weighted by Gasteiger charge is 2.05. The number of nitrogens with zero attached hydrogens (tertiary/aromatic N) is 1. The molecular formula is C18H21ClN2O2. The van der Waals surface area contributed by atoms with Crippen LogP contribution in [0.1, 0.15) is 16.7 Å². The first-order valence-corrected chi connectivity index (χ1v) is 7.97. The van der Waals surface area contributed by atoms with Gasteiger partial charge in [0.2, 0.25) is 0 Å². The minimum absolute atomic E-state index is 0.274. The molecule has 0 aromatic heterocycles. The number of hydrogen-bond acceptors (Lipinski definition) is 3.